The fraction of sp³-hybridized carbons (Fsp3) is 0.0690. The van der Waals surface area contributed by atoms with Crippen molar-refractivity contribution in [1.29, 1.82) is 0 Å². The van der Waals surface area contributed by atoms with E-state index < -0.39 is 11.8 Å². The number of rotatable bonds is 9. The predicted molar refractivity (Wildman–Crippen MR) is 152 cm³/mol. The van der Waals surface area contributed by atoms with Gasteiger partial charge in [0.1, 0.15) is 22.1 Å². The van der Waals surface area contributed by atoms with E-state index in [0.29, 0.717) is 33.3 Å². The molecule has 4 aromatic rings. The lowest BCUT2D eigenvalue weighted by Crippen LogP contribution is -2.31. The fourth-order valence-electron chi connectivity index (χ4n) is 3.86. The first-order chi connectivity index (χ1) is 18.9. The Bertz CT molecular complexity index is 1570. The molecule has 1 aliphatic heterocycles. The Kier molecular flexibility index (Phi) is 7.85. The number of hydrogen-bond acceptors (Lipinski definition) is 7. The number of carbonyl (C=O) groups excluding carboxylic acids is 3. The number of benzene rings is 3. The molecule has 3 amide bonds. The third kappa shape index (κ3) is 6.08. The Hall–Kier alpha value is -4.28. The first kappa shape index (κ1) is 26.3. The predicted octanol–water partition coefficient (Wildman–Crippen LogP) is 6.29. The maximum Gasteiger partial charge on any atom is 0.278 e. The minimum atomic E-state index is -0.454. The SMILES string of the molecule is COc1cccc(C(=O)Nc2cccc(SC3=C(Nc4ccc(Br)cc4)C(=O)N(Cc4ccco4)C3=O)c2)c1. The summed E-state index contributed by atoms with van der Waals surface area (Å²) in [5.74, 6) is -0.123. The van der Waals surface area contributed by atoms with Crippen molar-refractivity contribution in [3.8, 4) is 5.75 Å². The molecule has 10 heteroatoms. The third-order valence-corrected chi connectivity index (χ3v) is 7.38. The summed E-state index contributed by atoms with van der Waals surface area (Å²) in [5.41, 5.74) is 1.82. The van der Waals surface area contributed by atoms with Gasteiger partial charge in [0.2, 0.25) is 0 Å². The van der Waals surface area contributed by atoms with Crippen molar-refractivity contribution in [3.63, 3.8) is 0 Å². The van der Waals surface area contributed by atoms with Crippen molar-refractivity contribution in [2.75, 3.05) is 17.7 Å². The van der Waals surface area contributed by atoms with Crippen molar-refractivity contribution >= 4 is 56.8 Å². The average molecular weight is 604 g/mol. The molecule has 8 nitrogen and oxygen atoms in total. The monoisotopic (exact) mass is 603 g/mol. The summed E-state index contributed by atoms with van der Waals surface area (Å²) >= 11 is 4.55. The maximum absolute atomic E-state index is 13.5. The fourth-order valence-corrected chi connectivity index (χ4v) is 5.13. The van der Waals surface area contributed by atoms with E-state index in [9.17, 15) is 14.4 Å². The highest BCUT2D eigenvalue weighted by Gasteiger charge is 2.39. The standard InChI is InChI=1S/C29H22BrN3O5S/c1-37-22-7-2-5-18(15-22)27(34)32-21-6-3-9-24(16-21)39-26-25(31-20-12-10-19(30)11-13-20)28(35)33(29(26)36)17-23-8-4-14-38-23/h2-16,31H,17H2,1H3,(H,32,34). The lowest BCUT2D eigenvalue weighted by molar-refractivity contribution is -0.138. The first-order valence-electron chi connectivity index (χ1n) is 11.8. The highest BCUT2D eigenvalue weighted by atomic mass is 79.9. The normalized spacial score (nSPS) is 13.1. The molecule has 0 atom stereocenters. The van der Waals surface area contributed by atoms with Crippen LogP contribution < -0.4 is 15.4 Å². The summed E-state index contributed by atoms with van der Waals surface area (Å²) < 4.78 is 11.5. The molecule has 0 saturated carbocycles. The number of furan rings is 1. The van der Waals surface area contributed by atoms with E-state index in [1.54, 1.807) is 66.7 Å². The van der Waals surface area contributed by atoms with Gasteiger partial charge in [0.25, 0.3) is 17.7 Å². The Balaban J connectivity index is 1.40. The van der Waals surface area contributed by atoms with E-state index in [2.05, 4.69) is 26.6 Å². The number of anilines is 2. The number of hydrogen-bond donors (Lipinski definition) is 2. The van der Waals surface area contributed by atoms with E-state index in [1.807, 2.05) is 18.2 Å². The third-order valence-electron chi connectivity index (χ3n) is 5.78. The lowest BCUT2D eigenvalue weighted by atomic mass is 10.2. The molecule has 2 heterocycles. The molecule has 0 bridgehead atoms. The Morgan fingerprint density at radius 3 is 2.49 bits per heavy atom. The number of nitrogens with one attached hydrogen (secondary N) is 2. The second-order valence-electron chi connectivity index (χ2n) is 8.43. The van der Waals surface area contributed by atoms with Crippen LogP contribution in [0.5, 0.6) is 5.75 Å². The van der Waals surface area contributed by atoms with Gasteiger partial charge in [0.05, 0.1) is 19.9 Å². The van der Waals surface area contributed by atoms with Crippen LogP contribution in [0.2, 0.25) is 0 Å². The van der Waals surface area contributed by atoms with Gasteiger partial charge in [-0.2, -0.15) is 0 Å². The van der Waals surface area contributed by atoms with Gasteiger partial charge in [-0.3, -0.25) is 19.3 Å². The summed E-state index contributed by atoms with van der Waals surface area (Å²) in [4.78, 5) is 41.7. The van der Waals surface area contributed by atoms with Crippen LogP contribution in [0.3, 0.4) is 0 Å². The number of nitrogens with zero attached hydrogens (tertiary/aromatic N) is 1. The second kappa shape index (κ2) is 11.6. The molecule has 0 radical (unpaired) electrons. The molecule has 1 aromatic heterocycles. The Labute approximate surface area is 237 Å². The zero-order valence-electron chi connectivity index (χ0n) is 20.6. The number of imide groups is 1. The van der Waals surface area contributed by atoms with Crippen molar-refractivity contribution in [2.45, 2.75) is 11.4 Å². The number of thioether (sulfide) groups is 1. The molecule has 39 heavy (non-hydrogen) atoms. The molecule has 0 unspecified atom stereocenters. The van der Waals surface area contributed by atoms with Crippen LogP contribution in [0.1, 0.15) is 16.1 Å². The van der Waals surface area contributed by atoms with Crippen LogP contribution in [0, 0.1) is 0 Å². The van der Waals surface area contributed by atoms with Crippen molar-refractivity contribution in [1.82, 2.24) is 4.90 Å². The van der Waals surface area contributed by atoms with E-state index in [1.165, 1.54) is 13.4 Å². The quantitative estimate of drug-likeness (QED) is 0.217. The zero-order chi connectivity index (χ0) is 27.4. The molecular weight excluding hydrogens is 582 g/mol. The summed E-state index contributed by atoms with van der Waals surface area (Å²) in [7, 11) is 1.54. The van der Waals surface area contributed by atoms with Gasteiger partial charge in [0.15, 0.2) is 0 Å². The number of methoxy groups -OCH3 is 1. The second-order valence-corrected chi connectivity index (χ2v) is 10.4. The minimum absolute atomic E-state index is 0.0108. The van der Waals surface area contributed by atoms with Crippen LogP contribution in [0.15, 0.2) is 116 Å². The topological polar surface area (TPSA) is 101 Å². The molecule has 0 spiro atoms. The summed E-state index contributed by atoms with van der Waals surface area (Å²) in [5, 5.41) is 5.99. The van der Waals surface area contributed by atoms with Crippen LogP contribution in [-0.4, -0.2) is 29.7 Å². The maximum atomic E-state index is 13.5. The molecule has 0 saturated heterocycles. The first-order valence-corrected chi connectivity index (χ1v) is 13.4. The largest absolute Gasteiger partial charge is 0.497 e. The van der Waals surface area contributed by atoms with Crippen molar-refractivity contribution in [2.24, 2.45) is 0 Å². The van der Waals surface area contributed by atoms with Gasteiger partial charge in [-0.1, -0.05) is 39.8 Å². The van der Waals surface area contributed by atoms with E-state index >= 15 is 0 Å². The Morgan fingerprint density at radius 2 is 1.74 bits per heavy atom. The lowest BCUT2D eigenvalue weighted by Gasteiger charge is -2.13. The molecule has 0 aliphatic carbocycles. The molecule has 196 valence electrons. The van der Waals surface area contributed by atoms with Gasteiger partial charge in [-0.05, 0) is 72.8 Å². The van der Waals surface area contributed by atoms with Gasteiger partial charge < -0.3 is 19.8 Å². The highest BCUT2D eigenvalue weighted by molar-refractivity contribution is 9.10. The number of ether oxygens (including phenoxy) is 1. The summed E-state index contributed by atoms with van der Waals surface area (Å²) in [6, 6.07) is 24.6. The number of carbonyl (C=O) groups is 3. The van der Waals surface area contributed by atoms with Gasteiger partial charge in [-0.25, -0.2) is 0 Å². The van der Waals surface area contributed by atoms with Crippen LogP contribution >= 0.6 is 27.7 Å². The van der Waals surface area contributed by atoms with Gasteiger partial charge >= 0.3 is 0 Å². The zero-order valence-corrected chi connectivity index (χ0v) is 23.0. The van der Waals surface area contributed by atoms with Gasteiger partial charge in [0, 0.05) is 26.3 Å². The molecule has 5 rings (SSSR count). The molecule has 0 fully saturated rings. The average Bonchev–Trinajstić information content (AvgIpc) is 3.54. The summed E-state index contributed by atoms with van der Waals surface area (Å²) in [6.45, 7) is 0.0108. The van der Waals surface area contributed by atoms with Crippen LogP contribution in [0.4, 0.5) is 11.4 Å². The van der Waals surface area contributed by atoms with E-state index in [-0.39, 0.29) is 23.1 Å². The van der Waals surface area contributed by atoms with Crippen molar-refractivity contribution in [3.05, 3.63) is 118 Å². The molecule has 3 aromatic carbocycles. The molecular formula is C29H22BrN3O5S. The number of amides is 3. The van der Waals surface area contributed by atoms with Crippen molar-refractivity contribution < 1.29 is 23.5 Å². The van der Waals surface area contributed by atoms with Crippen LogP contribution in [-0.2, 0) is 16.1 Å². The van der Waals surface area contributed by atoms with E-state index in [4.69, 9.17) is 9.15 Å². The minimum Gasteiger partial charge on any atom is -0.497 e. The summed E-state index contributed by atoms with van der Waals surface area (Å²) in [6.07, 6.45) is 1.50. The van der Waals surface area contributed by atoms with Crippen LogP contribution in [0.25, 0.3) is 0 Å². The van der Waals surface area contributed by atoms with Gasteiger partial charge in [-0.15, -0.1) is 0 Å². The Morgan fingerprint density at radius 1 is 0.949 bits per heavy atom. The number of halogens is 1. The van der Waals surface area contributed by atoms with E-state index in [0.717, 1.165) is 21.1 Å². The molecule has 2 N–H and O–H groups in total. The molecule has 1 aliphatic rings. The smallest absolute Gasteiger partial charge is 0.278 e. The highest BCUT2D eigenvalue weighted by Crippen LogP contribution is 2.37.